The number of nitrogens with zero attached hydrogens (tertiary/aromatic N) is 3. The number of benzene rings is 3. The van der Waals surface area contributed by atoms with Gasteiger partial charge >= 0.3 is 20.1 Å². The molecule has 6 rings (SSSR count). The zero-order valence-electron chi connectivity index (χ0n) is 19.6. The largest absolute Gasteiger partial charge is 3.00 e. The van der Waals surface area contributed by atoms with Crippen molar-refractivity contribution in [1.82, 2.24) is 9.88 Å². The third-order valence-electron chi connectivity index (χ3n) is 6.17. The zero-order valence-corrected chi connectivity index (χ0v) is 22.0. The standard InChI is InChI=1S/C18H10F4N.C11H10N2.Ir/c1-10-7-8-23-18(14(10)11-5-3-2-4-6-11)12-9-13(19)16(21)17(22)15(12)20;1-2-4-10-9(3-1)5-7-13-8-6-12-11(10)13;/h2-8H,1H3;1-3,6,8,11H,5,7H2;/q-1;-2;+3. The zero-order chi connectivity index (χ0) is 25.2. The quantitative estimate of drug-likeness (QED) is 0.0966. The van der Waals surface area contributed by atoms with Crippen molar-refractivity contribution in [3.8, 4) is 22.4 Å². The van der Waals surface area contributed by atoms with Gasteiger partial charge in [-0.15, -0.1) is 0 Å². The van der Waals surface area contributed by atoms with Crippen LogP contribution in [0.5, 0.6) is 0 Å². The molecule has 8 heteroatoms. The van der Waals surface area contributed by atoms with Crippen LogP contribution < -0.4 is 0 Å². The summed E-state index contributed by atoms with van der Waals surface area (Å²) >= 11 is 0. The minimum Gasteiger partial charge on any atom is -0.668 e. The van der Waals surface area contributed by atoms with E-state index >= 15 is 0 Å². The van der Waals surface area contributed by atoms with Crippen LogP contribution in [0.25, 0.3) is 27.7 Å². The van der Waals surface area contributed by atoms with E-state index in [1.54, 1.807) is 43.3 Å². The summed E-state index contributed by atoms with van der Waals surface area (Å²) in [5, 5.41) is 4.41. The van der Waals surface area contributed by atoms with Crippen molar-refractivity contribution in [3.63, 3.8) is 0 Å². The Hall–Kier alpha value is -3.48. The number of aryl methyl sites for hydroxylation is 1. The minimum atomic E-state index is -1.89. The van der Waals surface area contributed by atoms with Crippen molar-refractivity contribution in [2.45, 2.75) is 19.5 Å². The Morgan fingerprint density at radius 3 is 2.54 bits per heavy atom. The molecule has 2 aliphatic heterocycles. The van der Waals surface area contributed by atoms with Crippen molar-refractivity contribution < 1.29 is 37.7 Å². The third-order valence-corrected chi connectivity index (χ3v) is 6.17. The maximum absolute atomic E-state index is 14.1. The summed E-state index contributed by atoms with van der Waals surface area (Å²) in [6.45, 7) is 2.84. The Labute approximate surface area is 226 Å². The van der Waals surface area contributed by atoms with Crippen LogP contribution in [-0.4, -0.2) is 16.4 Å². The van der Waals surface area contributed by atoms with Crippen molar-refractivity contribution in [1.29, 1.82) is 0 Å². The maximum atomic E-state index is 14.1. The summed E-state index contributed by atoms with van der Waals surface area (Å²) in [5.74, 6) is -6.86. The molecule has 0 amide bonds. The fourth-order valence-corrected chi connectivity index (χ4v) is 4.40. The van der Waals surface area contributed by atoms with Crippen molar-refractivity contribution in [2.75, 3.05) is 6.54 Å². The van der Waals surface area contributed by atoms with Gasteiger partial charge < -0.3 is 15.2 Å². The summed E-state index contributed by atoms with van der Waals surface area (Å²) in [4.78, 5) is 6.29. The molecular formula is C29H20F4IrN3. The molecule has 0 saturated carbocycles. The van der Waals surface area contributed by atoms with E-state index in [0.29, 0.717) is 11.1 Å². The van der Waals surface area contributed by atoms with Gasteiger partial charge in [0.1, 0.15) is 11.6 Å². The van der Waals surface area contributed by atoms with Gasteiger partial charge in [0.15, 0.2) is 0 Å². The molecule has 3 aromatic carbocycles. The molecule has 3 heterocycles. The van der Waals surface area contributed by atoms with Crippen LogP contribution >= 0.6 is 0 Å². The number of hydrogen-bond acceptors (Lipinski definition) is 2. The predicted octanol–water partition coefficient (Wildman–Crippen LogP) is 7.28. The number of fused-ring (bicyclic) bond motifs is 3. The average Bonchev–Trinajstić information content (AvgIpc) is 3.40. The van der Waals surface area contributed by atoms with Gasteiger partial charge in [0, 0.05) is 12.7 Å². The van der Waals surface area contributed by atoms with Gasteiger partial charge in [-0.3, -0.25) is 8.78 Å². The Morgan fingerprint density at radius 2 is 1.76 bits per heavy atom. The Bertz CT molecular complexity index is 1440. The summed E-state index contributed by atoms with van der Waals surface area (Å²) in [6.07, 6.45) is 6.67. The molecule has 0 spiro atoms. The molecule has 1 atom stereocenters. The molecule has 0 aliphatic carbocycles. The van der Waals surface area contributed by atoms with Gasteiger partial charge in [-0.05, 0) is 47.7 Å². The molecule has 1 unspecified atom stereocenters. The number of rotatable bonds is 2. The second kappa shape index (κ2) is 11.3. The molecule has 0 radical (unpaired) electrons. The van der Waals surface area contributed by atoms with Gasteiger partial charge in [-0.2, -0.15) is 41.6 Å². The van der Waals surface area contributed by atoms with Crippen LogP contribution in [0.1, 0.15) is 22.9 Å². The van der Waals surface area contributed by atoms with Gasteiger partial charge in [0.2, 0.25) is 0 Å². The first-order valence-electron chi connectivity index (χ1n) is 11.3. The number of halogens is 4. The SMILES string of the molecule is Cc1ccnc(-c2[c-]c(F)c(F)c(F)c2F)c1-c1ccccc1.[Ir+3].[c-]1cccc2c1C1[N-]C=CN1CC2. The fraction of sp³-hybridized carbons (Fsp3) is 0.138. The average molecular weight is 679 g/mol. The van der Waals surface area contributed by atoms with Crippen LogP contribution in [0.15, 0.2) is 73.2 Å². The molecule has 1 aromatic heterocycles. The number of pyridine rings is 1. The Kier molecular flexibility index (Phi) is 8.10. The molecule has 0 fully saturated rings. The van der Waals surface area contributed by atoms with E-state index in [0.717, 1.165) is 18.5 Å². The summed E-state index contributed by atoms with van der Waals surface area (Å²) in [6, 6.07) is 22.0. The summed E-state index contributed by atoms with van der Waals surface area (Å²) < 4.78 is 54.3. The van der Waals surface area contributed by atoms with E-state index in [1.165, 1.54) is 17.3 Å². The van der Waals surface area contributed by atoms with Crippen LogP contribution in [0, 0.1) is 42.3 Å². The van der Waals surface area contributed by atoms with Crippen LogP contribution in [0.4, 0.5) is 17.6 Å². The third kappa shape index (κ3) is 5.17. The van der Waals surface area contributed by atoms with E-state index in [-0.39, 0.29) is 32.0 Å². The van der Waals surface area contributed by atoms with E-state index in [9.17, 15) is 17.6 Å². The molecule has 0 bridgehead atoms. The van der Waals surface area contributed by atoms with Crippen molar-refractivity contribution in [3.05, 3.63) is 131 Å². The van der Waals surface area contributed by atoms with Crippen LogP contribution in [0.3, 0.4) is 0 Å². The molecule has 188 valence electrons. The van der Waals surface area contributed by atoms with E-state index < -0.39 is 28.8 Å². The van der Waals surface area contributed by atoms with E-state index in [4.69, 9.17) is 0 Å². The van der Waals surface area contributed by atoms with Crippen molar-refractivity contribution in [2.24, 2.45) is 0 Å². The maximum Gasteiger partial charge on any atom is 3.00 e. The summed E-state index contributed by atoms with van der Waals surface area (Å²) in [7, 11) is 0. The predicted molar refractivity (Wildman–Crippen MR) is 129 cm³/mol. The first-order valence-corrected chi connectivity index (χ1v) is 11.3. The van der Waals surface area contributed by atoms with Gasteiger partial charge in [0.25, 0.3) is 0 Å². The molecule has 4 aromatic rings. The minimum absolute atomic E-state index is 0. The van der Waals surface area contributed by atoms with Crippen LogP contribution in [0.2, 0.25) is 0 Å². The molecular weight excluding hydrogens is 659 g/mol. The van der Waals surface area contributed by atoms with E-state index in [2.05, 4.69) is 39.6 Å². The fourth-order valence-electron chi connectivity index (χ4n) is 4.40. The Morgan fingerprint density at radius 1 is 0.973 bits per heavy atom. The number of aromatic nitrogens is 1. The monoisotopic (exact) mass is 679 g/mol. The molecule has 0 saturated heterocycles. The van der Waals surface area contributed by atoms with Gasteiger partial charge in [-0.25, -0.2) is 8.78 Å². The topological polar surface area (TPSA) is 30.2 Å². The second-order valence-corrected chi connectivity index (χ2v) is 8.39. The second-order valence-electron chi connectivity index (χ2n) is 8.39. The first-order chi connectivity index (χ1) is 17.5. The first kappa shape index (κ1) is 26.6. The van der Waals surface area contributed by atoms with Gasteiger partial charge in [-0.1, -0.05) is 48.4 Å². The summed E-state index contributed by atoms with van der Waals surface area (Å²) in [5.41, 5.74) is 4.06. The number of hydrogen-bond donors (Lipinski definition) is 0. The molecule has 3 nitrogen and oxygen atoms in total. The molecule has 37 heavy (non-hydrogen) atoms. The van der Waals surface area contributed by atoms with Gasteiger partial charge in [0.05, 0.1) is 11.6 Å². The van der Waals surface area contributed by atoms with Crippen LogP contribution in [-0.2, 0) is 26.5 Å². The Balaban J connectivity index is 0.000000193. The normalized spacial score (nSPS) is 15.1. The van der Waals surface area contributed by atoms with Crippen molar-refractivity contribution >= 4 is 0 Å². The molecule has 0 N–H and O–H groups in total. The smallest absolute Gasteiger partial charge is 0.668 e. The van der Waals surface area contributed by atoms with E-state index in [1.807, 2.05) is 18.3 Å². The molecule has 2 aliphatic rings.